The molecular weight excluding hydrogens is 1600 g/mol. The predicted octanol–water partition coefficient (Wildman–Crippen LogP) is 10.8. The Labute approximate surface area is 737 Å². The molecule has 16 heterocycles. The van der Waals surface area contributed by atoms with Gasteiger partial charge in [0.05, 0.1) is 96.6 Å². The fourth-order valence-corrected chi connectivity index (χ4v) is 26.1. The van der Waals surface area contributed by atoms with E-state index in [9.17, 15) is 32.3 Å². The van der Waals surface area contributed by atoms with Crippen LogP contribution in [-0.2, 0) is 33.4 Å². The van der Waals surface area contributed by atoms with Crippen molar-refractivity contribution in [1.82, 2.24) is 59.5 Å². The maximum absolute atomic E-state index is 13.2. The number of carbonyl (C=O) groups is 4. The predicted molar refractivity (Wildman–Crippen MR) is 469 cm³/mol. The number of amides is 4. The molecule has 4 amide bonds. The van der Waals surface area contributed by atoms with Crippen molar-refractivity contribution >= 4 is 59.0 Å². The van der Waals surface area contributed by atoms with Gasteiger partial charge in [0.1, 0.15) is 0 Å². The Kier molecular flexibility index (Phi) is 29.6. The third-order valence-corrected chi connectivity index (χ3v) is 33.1. The summed E-state index contributed by atoms with van der Waals surface area (Å²) in [4.78, 5) is 101. The number of primary amides is 4. The van der Waals surface area contributed by atoms with E-state index in [2.05, 4.69) is 107 Å². The zero-order valence-electron chi connectivity index (χ0n) is 74.2. The maximum Gasteiger partial charge on any atom is 0.225 e. The molecule has 8 N–H and O–H groups in total. The van der Waals surface area contributed by atoms with Gasteiger partial charge in [-0.2, -0.15) is 0 Å². The van der Waals surface area contributed by atoms with Gasteiger partial charge in [0.25, 0.3) is 0 Å². The second-order valence-electron chi connectivity index (χ2n) is 40.4. The molecule has 3 saturated carbocycles. The minimum absolute atomic E-state index is 0.0327. The Balaban J connectivity index is 0.000000122. The zero-order chi connectivity index (χ0) is 86.7. The molecule has 0 aromatic carbocycles. The van der Waals surface area contributed by atoms with Crippen molar-refractivity contribution in [1.29, 1.82) is 0 Å². The second-order valence-corrected chi connectivity index (χ2v) is 40.9. The molecule has 4 unspecified atom stereocenters. The van der Waals surface area contributed by atoms with Gasteiger partial charge in [0.2, 0.25) is 47.4 Å². The van der Waals surface area contributed by atoms with Crippen LogP contribution in [-0.4, -0.2) is 249 Å². The average molecular weight is 1740 g/mol. The lowest BCUT2D eigenvalue weighted by molar-refractivity contribution is -0.125. The summed E-state index contributed by atoms with van der Waals surface area (Å²) >= 11 is 5.97. The fourth-order valence-electron chi connectivity index (χ4n) is 26.0. The van der Waals surface area contributed by atoms with Crippen molar-refractivity contribution in [2.24, 2.45) is 118 Å². The number of anilines is 4. The highest BCUT2D eigenvalue weighted by Gasteiger charge is 2.54. The smallest absolute Gasteiger partial charge is 0.225 e. The van der Waals surface area contributed by atoms with Gasteiger partial charge in [0.15, 0.2) is 17.5 Å². The van der Waals surface area contributed by atoms with Crippen LogP contribution in [0.15, 0.2) is 49.6 Å². The lowest BCUT2D eigenvalue weighted by Gasteiger charge is -2.47. The number of piperidine rings is 8. The van der Waals surface area contributed by atoms with Gasteiger partial charge in [-0.25, -0.2) is 53.0 Å². The van der Waals surface area contributed by atoms with Crippen LogP contribution >= 0.6 is 11.6 Å². The van der Waals surface area contributed by atoms with E-state index in [1.807, 2.05) is 0 Å². The van der Waals surface area contributed by atoms with Gasteiger partial charge in [-0.05, 0) is 258 Å². The number of rotatable bonds is 28. The Morgan fingerprint density at radius 3 is 1.00 bits per heavy atom. The highest BCUT2D eigenvalue weighted by molar-refractivity contribution is 6.30. The van der Waals surface area contributed by atoms with Gasteiger partial charge in [-0.3, -0.25) is 38.8 Å². The highest BCUT2D eigenvalue weighted by atomic mass is 35.5. The molecule has 12 aliphatic heterocycles. The summed E-state index contributed by atoms with van der Waals surface area (Å²) < 4.78 is 57.7. The quantitative estimate of drug-likeness (QED) is 0.0410. The lowest BCUT2D eigenvalue weighted by atomic mass is 9.74. The van der Waals surface area contributed by atoms with Crippen LogP contribution in [0.3, 0.4) is 0 Å². The molecule has 15 fully saturated rings. The summed E-state index contributed by atoms with van der Waals surface area (Å²) in [6, 6.07) is 5.05. The van der Waals surface area contributed by atoms with Gasteiger partial charge >= 0.3 is 0 Å². The lowest BCUT2D eigenvalue weighted by Crippen LogP contribution is -2.53. The number of halogens is 4. The maximum atomic E-state index is 13.2. The van der Waals surface area contributed by atoms with Gasteiger partial charge in [-0.15, -0.1) is 0 Å². The first-order valence-corrected chi connectivity index (χ1v) is 48.1. The molecule has 15 aliphatic rings. The molecule has 682 valence electrons. The molecule has 3 aliphatic carbocycles. The van der Waals surface area contributed by atoms with Crippen molar-refractivity contribution < 1.29 is 46.6 Å². The molecule has 31 heteroatoms. The monoisotopic (exact) mass is 1740 g/mol. The van der Waals surface area contributed by atoms with Crippen molar-refractivity contribution in [2.45, 2.75) is 274 Å². The van der Waals surface area contributed by atoms with Crippen molar-refractivity contribution in [3.63, 3.8) is 0 Å². The summed E-state index contributed by atoms with van der Waals surface area (Å²) in [7, 11) is 3.58. The van der Waals surface area contributed by atoms with Gasteiger partial charge < -0.3 is 56.7 Å². The summed E-state index contributed by atoms with van der Waals surface area (Å²) in [5.41, 5.74) is 22.9. The van der Waals surface area contributed by atoms with Crippen molar-refractivity contribution in [3.8, 4) is 0 Å². The van der Waals surface area contributed by atoms with Crippen LogP contribution in [0, 0.1) is 112 Å². The van der Waals surface area contributed by atoms with Crippen LogP contribution in [0.2, 0.25) is 5.02 Å². The van der Waals surface area contributed by atoms with E-state index in [4.69, 9.17) is 48.7 Å². The number of carbonyl (C=O) groups excluding carboxylic acids is 4. The van der Waals surface area contributed by atoms with E-state index >= 15 is 0 Å². The number of nitrogens with two attached hydrogens (primary N) is 4. The van der Waals surface area contributed by atoms with E-state index in [1.165, 1.54) is 153 Å². The van der Waals surface area contributed by atoms with Crippen LogP contribution in [0.5, 0.6) is 0 Å². The molecule has 4 aromatic heterocycles. The van der Waals surface area contributed by atoms with Crippen LogP contribution < -0.4 is 42.5 Å². The molecule has 19 rings (SSSR count). The fraction of sp³-hybridized carbons (Fsp3) is 0.785. The number of nitrogens with zero attached hydrogens (tertiary/aromatic N) is 16. The number of hydrogen-bond acceptors (Lipinski definition) is 23. The summed E-state index contributed by atoms with van der Waals surface area (Å²) in [5.74, 6) is 7.81. The summed E-state index contributed by atoms with van der Waals surface area (Å²) in [5, 5.41) is 0.562. The molecule has 0 spiro atoms. The van der Waals surface area contributed by atoms with E-state index in [0.717, 1.165) is 154 Å². The average Bonchev–Trinajstić information content (AvgIpc) is 1.62. The molecule has 8 bridgehead atoms. The van der Waals surface area contributed by atoms with E-state index in [0.29, 0.717) is 131 Å². The summed E-state index contributed by atoms with van der Waals surface area (Å²) in [6.07, 6.45) is 43.3. The van der Waals surface area contributed by atoms with Gasteiger partial charge in [0, 0.05) is 147 Å². The molecule has 4 aromatic rings. The Morgan fingerprint density at radius 1 is 0.395 bits per heavy atom. The van der Waals surface area contributed by atoms with Gasteiger partial charge in [-0.1, -0.05) is 25.4 Å². The van der Waals surface area contributed by atoms with E-state index in [1.54, 1.807) is 26.6 Å². The Bertz CT molecular complexity index is 3990. The third kappa shape index (κ3) is 21.4. The topological polar surface area (TPSA) is 329 Å². The first kappa shape index (κ1) is 90.5. The first-order chi connectivity index (χ1) is 59.9. The molecule has 124 heavy (non-hydrogen) atoms. The normalized spacial score (nSPS) is 34.1. The summed E-state index contributed by atoms with van der Waals surface area (Å²) in [6.45, 7) is 18.6. The molecule has 24 atom stereocenters. The molecular formula is C93H140ClF3N20O7. The van der Waals surface area contributed by atoms with E-state index in [-0.39, 0.29) is 77.3 Å². The number of aromatic nitrogens is 8. The zero-order valence-corrected chi connectivity index (χ0v) is 75.0. The second kappa shape index (κ2) is 40.5. The van der Waals surface area contributed by atoms with Crippen LogP contribution in [0.1, 0.15) is 201 Å². The molecule has 0 radical (unpaired) electrons. The number of ether oxygens (including phenoxy) is 3. The number of fused-ring (bicyclic) bond motifs is 8. The minimum atomic E-state index is -0.416. The number of methoxy groups -OCH3 is 2. The molecule has 12 saturated heterocycles. The van der Waals surface area contributed by atoms with E-state index < -0.39 is 11.6 Å². The van der Waals surface area contributed by atoms with Crippen LogP contribution in [0.25, 0.3) is 0 Å². The minimum Gasteiger partial charge on any atom is -0.379 e. The number of hydrogen-bond donors (Lipinski definition) is 4. The standard InChI is InChI=1S/C24H36ClN5O2.C23H34FN5O2.C23H36FN5O2.C23H34FN5O/c1-2-32-22-14-29(24-27-11-17(25)12-28-24)8-7-20(22)16-9-18-5-6-19(10-16)30(18)13-21(23(26)31)15-3-4-15;1-31-21-13-28(23-26-10-16(24)11-27-23)7-6-19(21)15-8-17-4-5-18(9-15)29(17)12-20(22(25)30)14-2-3-14;1-14(2)20(22(25)30)12-29-17-4-5-18(29)9-15(8-17)19-6-7-28(13-21(19)31-3)23-26-10-16(24)11-27-23;1-14-8-16(6-7-28(14)23-26-11-18(24)12-27-23)17-9-19-4-5-20(10-17)29(19)13-21(22(25)30)15-2-3-15/h11-12,15-16,18-22H,2-10,13-14H2,1H3,(H2,26,31);10-11,14-15,17-21H,2-9,12-13H2,1H3,(H2,25,30);10-11,14-15,17-21H,4-9,12-13H2,1-3H3,(H2,25,30);11-12,14-17,19-21H,2-10,13H2,1H3,(H2,25,30)/t16?,18-,19+,20-,21-,22-;2*15?,17-,18+,19-,20-,21-;14-,16-,17?,19-,20+,21+/m1110/s1. The Hall–Kier alpha value is -6.80. The first-order valence-electron chi connectivity index (χ1n) is 47.7. The largest absolute Gasteiger partial charge is 0.379 e. The van der Waals surface area contributed by atoms with Crippen molar-refractivity contribution in [3.05, 3.63) is 72.0 Å². The SMILES string of the molecule is CCO[C@@H]1CN(c2ncc(Cl)cn2)CC[C@@H]1C1C[C@H]2CC[C@@H](C1)N2C[C@@H](C(N)=O)C1CC1.CO[C@@H]1CN(c2ncc(F)cn2)CC[C@@H]1C1C[C@H]2CC[C@@H](C1)N2C[C@@H](C(N)=O)C(C)C.CO[C@@H]1CN(c2ncc(F)cn2)CC[C@@H]1C1C[C@H]2CC[C@@H](C1)N2C[C@@H](C(N)=O)C1CC1.C[C@H]1C[C@@H](C2C[C@H]3CC[C@@H](C2)N3C[C@@H](C(N)=O)C2CC2)CCN1c1ncc(F)cn1. The molecule has 27 nitrogen and oxygen atoms in total. The van der Waals surface area contributed by atoms with Crippen LogP contribution in [0.4, 0.5) is 37.0 Å². The van der Waals surface area contributed by atoms with Crippen molar-refractivity contribution in [2.75, 3.05) is 112 Å². The highest BCUT2D eigenvalue weighted by Crippen LogP contribution is 2.52. The Morgan fingerprint density at radius 2 is 0.702 bits per heavy atom. The third-order valence-electron chi connectivity index (χ3n) is 32.9.